The third kappa shape index (κ3) is 4.90. The molecule has 0 unspecified atom stereocenters. The first-order valence-electron chi connectivity index (χ1n) is 8.31. The number of rotatable bonds is 5. The molecule has 0 atom stereocenters. The van der Waals surface area contributed by atoms with E-state index in [4.69, 9.17) is 11.6 Å². The smallest absolute Gasteiger partial charge is 0.262 e. The summed E-state index contributed by atoms with van der Waals surface area (Å²) >= 11 is 5.80. The van der Waals surface area contributed by atoms with Gasteiger partial charge in [0, 0.05) is 16.4 Å². The van der Waals surface area contributed by atoms with Crippen LogP contribution in [0, 0.1) is 18.6 Å². The number of carbonyl (C=O) groups is 1. The molecule has 3 rings (SSSR count). The predicted octanol–water partition coefficient (Wildman–Crippen LogP) is 4.98. The Labute approximate surface area is 171 Å². The number of hydrogen-bond donors (Lipinski definition) is 2. The molecule has 0 aliphatic carbocycles. The van der Waals surface area contributed by atoms with E-state index >= 15 is 0 Å². The van der Waals surface area contributed by atoms with Crippen LogP contribution in [0.25, 0.3) is 0 Å². The van der Waals surface area contributed by atoms with Gasteiger partial charge < -0.3 is 5.32 Å². The Morgan fingerprint density at radius 2 is 1.59 bits per heavy atom. The van der Waals surface area contributed by atoms with Crippen molar-refractivity contribution in [3.8, 4) is 0 Å². The maximum absolute atomic E-state index is 13.8. The second-order valence-electron chi connectivity index (χ2n) is 6.17. The van der Waals surface area contributed by atoms with Crippen molar-refractivity contribution >= 4 is 38.9 Å². The minimum absolute atomic E-state index is 0.0787. The Morgan fingerprint density at radius 1 is 0.931 bits per heavy atom. The van der Waals surface area contributed by atoms with Crippen LogP contribution < -0.4 is 10.0 Å². The van der Waals surface area contributed by atoms with E-state index in [0.717, 1.165) is 18.2 Å². The summed E-state index contributed by atoms with van der Waals surface area (Å²) in [5.74, 6) is -2.57. The quantitative estimate of drug-likeness (QED) is 0.592. The van der Waals surface area contributed by atoms with Crippen molar-refractivity contribution in [1.29, 1.82) is 0 Å². The van der Waals surface area contributed by atoms with Gasteiger partial charge in [-0.25, -0.2) is 17.2 Å². The standard InChI is InChI=1S/C20H15ClF2N2O3S/c1-12-2-6-16(24-20(26)17-10-14(22)5-9-18(17)23)11-19(12)29(27,28)25-15-7-3-13(21)4-8-15/h2-11,25H,1H3,(H,24,26). The summed E-state index contributed by atoms with van der Waals surface area (Å²) in [6, 6.07) is 12.8. The van der Waals surface area contributed by atoms with Gasteiger partial charge >= 0.3 is 0 Å². The van der Waals surface area contributed by atoms with Gasteiger partial charge in [0.1, 0.15) is 11.6 Å². The second kappa shape index (κ2) is 8.18. The molecule has 0 fully saturated rings. The lowest BCUT2D eigenvalue weighted by Crippen LogP contribution is -2.17. The number of aryl methyl sites for hydroxylation is 1. The number of carbonyl (C=O) groups excluding carboxylic acids is 1. The van der Waals surface area contributed by atoms with Crippen molar-refractivity contribution in [2.24, 2.45) is 0 Å². The van der Waals surface area contributed by atoms with E-state index in [9.17, 15) is 22.0 Å². The minimum atomic E-state index is -3.97. The zero-order valence-electron chi connectivity index (χ0n) is 15.0. The van der Waals surface area contributed by atoms with Gasteiger partial charge in [0.05, 0.1) is 10.5 Å². The highest BCUT2D eigenvalue weighted by Gasteiger charge is 2.19. The molecule has 29 heavy (non-hydrogen) atoms. The van der Waals surface area contributed by atoms with Crippen molar-refractivity contribution < 1.29 is 22.0 Å². The van der Waals surface area contributed by atoms with Crippen LogP contribution in [-0.2, 0) is 10.0 Å². The van der Waals surface area contributed by atoms with Crippen LogP contribution in [0.15, 0.2) is 65.6 Å². The lowest BCUT2D eigenvalue weighted by Gasteiger charge is -2.13. The van der Waals surface area contributed by atoms with E-state index in [0.29, 0.717) is 16.3 Å². The van der Waals surface area contributed by atoms with Crippen LogP contribution in [0.4, 0.5) is 20.2 Å². The summed E-state index contributed by atoms with van der Waals surface area (Å²) in [4.78, 5) is 12.2. The Bertz CT molecular complexity index is 1180. The van der Waals surface area contributed by atoms with Crippen LogP contribution in [0.1, 0.15) is 15.9 Å². The molecular weight excluding hydrogens is 422 g/mol. The van der Waals surface area contributed by atoms with E-state index < -0.39 is 33.1 Å². The van der Waals surface area contributed by atoms with E-state index in [-0.39, 0.29) is 10.6 Å². The summed E-state index contributed by atoms with van der Waals surface area (Å²) in [5, 5.41) is 2.84. The van der Waals surface area contributed by atoms with Crippen molar-refractivity contribution in [2.75, 3.05) is 10.0 Å². The van der Waals surface area contributed by atoms with Crippen LogP contribution in [-0.4, -0.2) is 14.3 Å². The van der Waals surface area contributed by atoms with Crippen molar-refractivity contribution in [3.63, 3.8) is 0 Å². The first-order valence-corrected chi connectivity index (χ1v) is 10.2. The number of halogens is 3. The molecule has 9 heteroatoms. The number of benzene rings is 3. The third-order valence-corrected chi connectivity index (χ3v) is 5.78. The lowest BCUT2D eigenvalue weighted by atomic mass is 10.1. The number of sulfonamides is 1. The van der Waals surface area contributed by atoms with Crippen LogP contribution >= 0.6 is 11.6 Å². The van der Waals surface area contributed by atoms with Crippen molar-refractivity contribution in [2.45, 2.75) is 11.8 Å². The monoisotopic (exact) mass is 436 g/mol. The summed E-state index contributed by atoms with van der Waals surface area (Å²) in [7, 11) is -3.97. The van der Waals surface area contributed by atoms with Crippen molar-refractivity contribution in [1.82, 2.24) is 0 Å². The molecule has 0 aliphatic rings. The van der Waals surface area contributed by atoms with Crippen molar-refractivity contribution in [3.05, 3.63) is 88.4 Å². The Kier molecular flexibility index (Phi) is 5.86. The molecule has 1 amide bonds. The molecule has 2 N–H and O–H groups in total. The largest absolute Gasteiger partial charge is 0.322 e. The van der Waals surface area contributed by atoms with E-state index in [1.165, 1.54) is 42.5 Å². The lowest BCUT2D eigenvalue weighted by molar-refractivity contribution is 0.102. The van der Waals surface area contributed by atoms with Gasteiger partial charge in [-0.1, -0.05) is 17.7 Å². The second-order valence-corrected chi connectivity index (χ2v) is 8.26. The summed E-state index contributed by atoms with van der Waals surface area (Å²) < 4.78 is 55.0. The summed E-state index contributed by atoms with van der Waals surface area (Å²) in [5.41, 5.74) is 0.362. The van der Waals surface area contributed by atoms with Gasteiger partial charge in [0.2, 0.25) is 0 Å². The molecular formula is C20H15ClF2N2O3S. The van der Waals surface area contributed by atoms with E-state index in [1.54, 1.807) is 6.92 Å². The van der Waals surface area contributed by atoms with Crippen LogP contribution in [0.2, 0.25) is 5.02 Å². The predicted molar refractivity (Wildman–Crippen MR) is 108 cm³/mol. The SMILES string of the molecule is Cc1ccc(NC(=O)c2cc(F)ccc2F)cc1S(=O)(=O)Nc1ccc(Cl)cc1. The molecule has 3 aromatic carbocycles. The number of hydrogen-bond acceptors (Lipinski definition) is 3. The van der Waals surface area contributed by atoms with Gasteiger partial charge in [0.25, 0.3) is 15.9 Å². The molecule has 0 saturated carbocycles. The van der Waals surface area contributed by atoms with E-state index in [1.807, 2.05) is 0 Å². The van der Waals surface area contributed by atoms with Gasteiger partial charge in [-0.3, -0.25) is 9.52 Å². The normalized spacial score (nSPS) is 11.2. The van der Waals surface area contributed by atoms with E-state index in [2.05, 4.69) is 10.0 Å². The Hall–Kier alpha value is -2.97. The Balaban J connectivity index is 1.88. The zero-order chi connectivity index (χ0) is 21.2. The van der Waals surface area contributed by atoms with Crippen LogP contribution in [0.3, 0.4) is 0 Å². The third-order valence-electron chi connectivity index (χ3n) is 4.01. The van der Waals surface area contributed by atoms with Gasteiger partial charge in [-0.05, 0) is 67.1 Å². The molecule has 0 spiro atoms. The molecule has 3 aromatic rings. The average Bonchev–Trinajstić information content (AvgIpc) is 2.66. The highest BCUT2D eigenvalue weighted by Crippen LogP contribution is 2.24. The fourth-order valence-corrected chi connectivity index (χ4v) is 4.02. The average molecular weight is 437 g/mol. The highest BCUT2D eigenvalue weighted by molar-refractivity contribution is 7.92. The molecule has 0 aliphatic heterocycles. The highest BCUT2D eigenvalue weighted by atomic mass is 35.5. The maximum atomic E-state index is 13.8. The first kappa shape index (κ1) is 20.8. The molecule has 0 heterocycles. The van der Waals surface area contributed by atoms with Gasteiger partial charge in [0.15, 0.2) is 0 Å². The molecule has 0 saturated heterocycles. The molecule has 0 radical (unpaired) electrons. The molecule has 150 valence electrons. The topological polar surface area (TPSA) is 75.3 Å². The fourth-order valence-electron chi connectivity index (χ4n) is 2.57. The Morgan fingerprint density at radius 3 is 2.28 bits per heavy atom. The maximum Gasteiger partial charge on any atom is 0.262 e. The fraction of sp³-hybridized carbons (Fsp3) is 0.0500. The number of anilines is 2. The van der Waals surface area contributed by atoms with Crippen LogP contribution in [0.5, 0.6) is 0 Å². The zero-order valence-corrected chi connectivity index (χ0v) is 16.6. The molecule has 5 nitrogen and oxygen atoms in total. The summed E-state index contributed by atoms with van der Waals surface area (Å²) in [6.07, 6.45) is 0. The number of nitrogens with one attached hydrogen (secondary N) is 2. The minimum Gasteiger partial charge on any atom is -0.322 e. The van der Waals surface area contributed by atoms with Gasteiger partial charge in [-0.2, -0.15) is 0 Å². The molecule has 0 bridgehead atoms. The summed E-state index contributed by atoms with van der Waals surface area (Å²) in [6.45, 7) is 1.59. The van der Waals surface area contributed by atoms with Gasteiger partial charge in [-0.15, -0.1) is 0 Å². The number of amides is 1. The first-order chi connectivity index (χ1) is 13.7. The molecule has 0 aromatic heterocycles.